The number of rotatable bonds is 2. The first kappa shape index (κ1) is 8.68. The van der Waals surface area contributed by atoms with Crippen LogP contribution in [0.3, 0.4) is 0 Å². The fourth-order valence-corrected chi connectivity index (χ4v) is 1.49. The van der Waals surface area contributed by atoms with Gasteiger partial charge in [0.25, 0.3) is 0 Å². The van der Waals surface area contributed by atoms with Gasteiger partial charge in [-0.2, -0.15) is 0 Å². The van der Waals surface area contributed by atoms with Crippen molar-refractivity contribution in [2.24, 2.45) is 0 Å². The standard InChI is InChI=1S/C8H10BrNO/c1-2-6-4-10-7(5-11)3-8(6)9/h3-4,11H,2,5H2,1H3. The zero-order valence-corrected chi connectivity index (χ0v) is 7.93. The summed E-state index contributed by atoms with van der Waals surface area (Å²) in [6.07, 6.45) is 2.74. The topological polar surface area (TPSA) is 33.1 Å². The van der Waals surface area contributed by atoms with Crippen LogP contribution in [0.15, 0.2) is 16.7 Å². The Balaban J connectivity index is 2.99. The van der Waals surface area contributed by atoms with Crippen LogP contribution in [0.5, 0.6) is 0 Å². The lowest BCUT2D eigenvalue weighted by molar-refractivity contribution is 0.276. The van der Waals surface area contributed by atoms with Crippen LogP contribution in [0.4, 0.5) is 0 Å². The van der Waals surface area contributed by atoms with Crippen LogP contribution in [0.1, 0.15) is 18.2 Å². The van der Waals surface area contributed by atoms with E-state index >= 15 is 0 Å². The van der Waals surface area contributed by atoms with E-state index in [2.05, 4.69) is 27.8 Å². The van der Waals surface area contributed by atoms with Crippen LogP contribution in [0.2, 0.25) is 0 Å². The van der Waals surface area contributed by atoms with E-state index in [1.165, 1.54) is 5.56 Å². The molecule has 0 fully saturated rings. The van der Waals surface area contributed by atoms with Crippen LogP contribution in [-0.4, -0.2) is 10.1 Å². The Kier molecular flexibility index (Phi) is 3.02. The lowest BCUT2D eigenvalue weighted by Crippen LogP contribution is -1.91. The Morgan fingerprint density at radius 2 is 2.36 bits per heavy atom. The van der Waals surface area contributed by atoms with Crippen molar-refractivity contribution in [2.75, 3.05) is 0 Å². The van der Waals surface area contributed by atoms with E-state index in [1.54, 1.807) is 6.20 Å². The third kappa shape index (κ3) is 2.01. The van der Waals surface area contributed by atoms with Crippen molar-refractivity contribution in [2.45, 2.75) is 20.0 Å². The molecule has 1 aromatic rings. The number of hydrogen-bond acceptors (Lipinski definition) is 2. The number of aliphatic hydroxyl groups excluding tert-OH is 1. The van der Waals surface area contributed by atoms with Gasteiger partial charge in [-0.15, -0.1) is 0 Å². The van der Waals surface area contributed by atoms with Gasteiger partial charge in [-0.1, -0.05) is 22.9 Å². The van der Waals surface area contributed by atoms with Crippen LogP contribution in [-0.2, 0) is 13.0 Å². The van der Waals surface area contributed by atoms with Gasteiger partial charge in [0.15, 0.2) is 0 Å². The lowest BCUT2D eigenvalue weighted by Gasteiger charge is -2.01. The Labute approximate surface area is 74.4 Å². The van der Waals surface area contributed by atoms with Gasteiger partial charge in [0.1, 0.15) is 0 Å². The zero-order valence-electron chi connectivity index (χ0n) is 6.34. The molecule has 0 bridgehead atoms. The van der Waals surface area contributed by atoms with Crippen LogP contribution in [0.25, 0.3) is 0 Å². The summed E-state index contributed by atoms with van der Waals surface area (Å²) in [5.41, 5.74) is 1.87. The smallest absolute Gasteiger partial charge is 0.0853 e. The lowest BCUT2D eigenvalue weighted by atomic mass is 10.2. The highest BCUT2D eigenvalue weighted by molar-refractivity contribution is 9.10. The number of aryl methyl sites for hydroxylation is 1. The maximum atomic E-state index is 8.74. The number of nitrogens with zero attached hydrogens (tertiary/aromatic N) is 1. The van der Waals surface area contributed by atoms with Crippen molar-refractivity contribution in [3.8, 4) is 0 Å². The predicted molar refractivity (Wildman–Crippen MR) is 47.2 cm³/mol. The largest absolute Gasteiger partial charge is 0.390 e. The third-order valence-corrected chi connectivity index (χ3v) is 2.27. The Morgan fingerprint density at radius 3 is 2.82 bits per heavy atom. The number of pyridine rings is 1. The predicted octanol–water partition coefficient (Wildman–Crippen LogP) is 1.90. The number of hydrogen-bond donors (Lipinski definition) is 1. The molecular weight excluding hydrogens is 206 g/mol. The summed E-state index contributed by atoms with van der Waals surface area (Å²) >= 11 is 3.40. The molecule has 0 unspecified atom stereocenters. The second-order valence-electron chi connectivity index (χ2n) is 2.28. The maximum Gasteiger partial charge on any atom is 0.0853 e. The number of aromatic nitrogens is 1. The van der Waals surface area contributed by atoms with Crippen molar-refractivity contribution in [1.82, 2.24) is 4.98 Å². The Morgan fingerprint density at radius 1 is 1.64 bits per heavy atom. The molecule has 60 valence electrons. The van der Waals surface area contributed by atoms with E-state index in [0.29, 0.717) is 5.69 Å². The van der Waals surface area contributed by atoms with Gasteiger partial charge in [-0.3, -0.25) is 4.98 Å². The maximum absolute atomic E-state index is 8.74. The molecule has 1 N–H and O–H groups in total. The number of aliphatic hydroxyl groups is 1. The Bertz CT molecular complexity index is 250. The van der Waals surface area contributed by atoms with Gasteiger partial charge in [0.05, 0.1) is 12.3 Å². The quantitative estimate of drug-likeness (QED) is 0.818. The Hall–Kier alpha value is -0.410. The van der Waals surface area contributed by atoms with E-state index in [9.17, 15) is 0 Å². The highest BCUT2D eigenvalue weighted by Gasteiger charge is 1.98. The van der Waals surface area contributed by atoms with Crippen molar-refractivity contribution < 1.29 is 5.11 Å². The highest BCUT2D eigenvalue weighted by Crippen LogP contribution is 2.16. The van der Waals surface area contributed by atoms with Gasteiger partial charge in [0, 0.05) is 10.7 Å². The fraction of sp³-hybridized carbons (Fsp3) is 0.375. The number of halogens is 1. The van der Waals surface area contributed by atoms with E-state index in [1.807, 2.05) is 6.07 Å². The van der Waals surface area contributed by atoms with Gasteiger partial charge >= 0.3 is 0 Å². The monoisotopic (exact) mass is 215 g/mol. The molecule has 0 saturated heterocycles. The molecule has 3 heteroatoms. The van der Waals surface area contributed by atoms with Gasteiger partial charge in [-0.25, -0.2) is 0 Å². The second kappa shape index (κ2) is 3.83. The van der Waals surface area contributed by atoms with Crippen molar-refractivity contribution in [3.63, 3.8) is 0 Å². The third-order valence-electron chi connectivity index (χ3n) is 1.53. The van der Waals surface area contributed by atoms with Gasteiger partial charge < -0.3 is 5.11 Å². The minimum absolute atomic E-state index is 0.00257. The molecule has 0 atom stereocenters. The van der Waals surface area contributed by atoms with Gasteiger partial charge in [0.2, 0.25) is 0 Å². The summed E-state index contributed by atoms with van der Waals surface area (Å²) in [6.45, 7) is 2.07. The van der Waals surface area contributed by atoms with E-state index in [4.69, 9.17) is 5.11 Å². The summed E-state index contributed by atoms with van der Waals surface area (Å²) in [4.78, 5) is 4.05. The average molecular weight is 216 g/mol. The first-order chi connectivity index (χ1) is 5.27. The van der Waals surface area contributed by atoms with Gasteiger partial charge in [-0.05, 0) is 18.1 Å². The molecule has 0 aromatic carbocycles. The minimum Gasteiger partial charge on any atom is -0.390 e. The molecule has 0 aliphatic carbocycles. The molecule has 0 aliphatic rings. The molecule has 0 saturated carbocycles. The summed E-state index contributed by atoms with van der Waals surface area (Å²) in [7, 11) is 0. The second-order valence-corrected chi connectivity index (χ2v) is 3.13. The normalized spacial score (nSPS) is 10.1. The van der Waals surface area contributed by atoms with E-state index in [0.717, 1.165) is 10.9 Å². The molecule has 1 aromatic heterocycles. The first-order valence-electron chi connectivity index (χ1n) is 3.52. The van der Waals surface area contributed by atoms with Crippen LogP contribution < -0.4 is 0 Å². The van der Waals surface area contributed by atoms with E-state index < -0.39 is 0 Å². The molecule has 0 spiro atoms. The van der Waals surface area contributed by atoms with Crippen molar-refractivity contribution in [3.05, 3.63) is 28.0 Å². The molecule has 11 heavy (non-hydrogen) atoms. The SMILES string of the molecule is CCc1cnc(CO)cc1Br. The molecule has 1 rings (SSSR count). The summed E-state index contributed by atoms with van der Waals surface area (Å²) in [5.74, 6) is 0. The molecular formula is C8H10BrNO. The molecule has 0 aliphatic heterocycles. The minimum atomic E-state index is 0.00257. The van der Waals surface area contributed by atoms with Crippen molar-refractivity contribution >= 4 is 15.9 Å². The first-order valence-corrected chi connectivity index (χ1v) is 4.31. The summed E-state index contributed by atoms with van der Waals surface area (Å²) in [6, 6.07) is 1.85. The molecule has 1 heterocycles. The fourth-order valence-electron chi connectivity index (χ4n) is 0.845. The highest BCUT2D eigenvalue weighted by atomic mass is 79.9. The zero-order chi connectivity index (χ0) is 8.27. The molecule has 2 nitrogen and oxygen atoms in total. The van der Waals surface area contributed by atoms with E-state index in [-0.39, 0.29) is 6.61 Å². The van der Waals surface area contributed by atoms with Crippen LogP contribution >= 0.6 is 15.9 Å². The molecule has 0 amide bonds. The van der Waals surface area contributed by atoms with Crippen molar-refractivity contribution in [1.29, 1.82) is 0 Å². The summed E-state index contributed by atoms with van der Waals surface area (Å²) < 4.78 is 1.03. The van der Waals surface area contributed by atoms with Crippen LogP contribution in [0, 0.1) is 0 Å². The molecule has 0 radical (unpaired) electrons. The average Bonchev–Trinajstić information content (AvgIpc) is 2.04. The summed E-state index contributed by atoms with van der Waals surface area (Å²) in [5, 5.41) is 8.74.